The highest BCUT2D eigenvalue weighted by atomic mass is 35.5. The van der Waals surface area contributed by atoms with E-state index >= 15 is 0 Å². The summed E-state index contributed by atoms with van der Waals surface area (Å²) < 4.78 is 5.93. The van der Waals surface area contributed by atoms with E-state index in [0.717, 1.165) is 17.7 Å². The molecule has 2 aromatic rings. The van der Waals surface area contributed by atoms with Gasteiger partial charge in [-0.25, -0.2) is 0 Å². The number of likely N-dealkylation sites (tertiary alicyclic amines) is 1. The highest BCUT2D eigenvalue weighted by molar-refractivity contribution is 6.20. The number of hydrogen-bond donors (Lipinski definition) is 0. The molecule has 1 aliphatic heterocycles. The average Bonchev–Trinajstić information content (AvgIpc) is 2.98. The number of rotatable bonds is 5. The maximum absolute atomic E-state index is 6.40. The number of benzene rings is 2. The second-order valence-electron chi connectivity index (χ2n) is 5.39. The summed E-state index contributed by atoms with van der Waals surface area (Å²) in [6.07, 6.45) is 2.60. The van der Waals surface area contributed by atoms with Crippen molar-refractivity contribution in [3.05, 3.63) is 42.5 Å². The van der Waals surface area contributed by atoms with Crippen molar-refractivity contribution in [1.29, 1.82) is 0 Å². The summed E-state index contributed by atoms with van der Waals surface area (Å²) in [5, 5.41) is 2.41. The van der Waals surface area contributed by atoms with Crippen LogP contribution in [0.15, 0.2) is 42.5 Å². The molecule has 0 aliphatic carbocycles. The van der Waals surface area contributed by atoms with E-state index in [9.17, 15) is 0 Å². The molecule has 2 aromatic carbocycles. The van der Waals surface area contributed by atoms with Crippen molar-refractivity contribution < 1.29 is 4.74 Å². The molecule has 0 N–H and O–H groups in total. The van der Waals surface area contributed by atoms with Crippen LogP contribution in [0.4, 0.5) is 0 Å². The van der Waals surface area contributed by atoms with Crippen LogP contribution >= 0.6 is 11.6 Å². The van der Waals surface area contributed by atoms with E-state index in [1.54, 1.807) is 0 Å². The quantitative estimate of drug-likeness (QED) is 0.774. The lowest BCUT2D eigenvalue weighted by molar-refractivity contribution is 0.269. The number of alkyl halides is 1. The van der Waals surface area contributed by atoms with E-state index in [1.165, 1.54) is 31.3 Å². The number of hydrogen-bond acceptors (Lipinski definition) is 2. The highest BCUT2D eigenvalue weighted by Gasteiger charge is 2.16. The van der Waals surface area contributed by atoms with Gasteiger partial charge in [0.2, 0.25) is 0 Å². The maximum atomic E-state index is 6.40. The molecule has 0 spiro atoms. The van der Waals surface area contributed by atoms with Crippen molar-refractivity contribution in [2.75, 3.05) is 26.2 Å². The fourth-order valence-electron chi connectivity index (χ4n) is 2.80. The molecule has 0 amide bonds. The minimum absolute atomic E-state index is 0.0482. The predicted octanol–water partition coefficient (Wildman–Crippen LogP) is 3.92. The van der Waals surface area contributed by atoms with Crippen molar-refractivity contribution in [3.63, 3.8) is 0 Å². The standard InChI is InChI=1S/C17H20ClNO/c18-15(12-19-10-3-4-11-19)13-20-17-9-5-7-14-6-1-2-8-16(14)17/h1-2,5-9,15H,3-4,10-13H2. The summed E-state index contributed by atoms with van der Waals surface area (Å²) in [4.78, 5) is 2.42. The summed E-state index contributed by atoms with van der Waals surface area (Å²) >= 11 is 6.40. The van der Waals surface area contributed by atoms with Crippen molar-refractivity contribution in [1.82, 2.24) is 4.90 Å². The topological polar surface area (TPSA) is 12.5 Å². The molecule has 3 heteroatoms. The SMILES string of the molecule is ClC(COc1cccc2ccccc12)CN1CCCC1. The van der Waals surface area contributed by atoms with Gasteiger partial charge in [0, 0.05) is 11.9 Å². The summed E-state index contributed by atoms with van der Waals surface area (Å²) in [6.45, 7) is 3.84. The third-order valence-corrected chi connectivity index (χ3v) is 4.09. The van der Waals surface area contributed by atoms with Crippen molar-refractivity contribution in [2.24, 2.45) is 0 Å². The summed E-state index contributed by atoms with van der Waals surface area (Å²) in [7, 11) is 0. The molecule has 0 saturated carbocycles. The van der Waals surface area contributed by atoms with Gasteiger partial charge in [-0.3, -0.25) is 0 Å². The second-order valence-corrected chi connectivity index (χ2v) is 6.01. The molecule has 20 heavy (non-hydrogen) atoms. The minimum atomic E-state index is 0.0482. The zero-order chi connectivity index (χ0) is 13.8. The van der Waals surface area contributed by atoms with Crippen LogP contribution in [0.2, 0.25) is 0 Å². The first-order valence-electron chi connectivity index (χ1n) is 7.30. The Labute approximate surface area is 125 Å². The third kappa shape index (κ3) is 3.25. The summed E-state index contributed by atoms with van der Waals surface area (Å²) in [6, 6.07) is 14.4. The fraction of sp³-hybridized carbons (Fsp3) is 0.412. The fourth-order valence-corrected chi connectivity index (χ4v) is 3.06. The summed E-state index contributed by atoms with van der Waals surface area (Å²) in [5.74, 6) is 0.926. The number of ether oxygens (including phenoxy) is 1. The minimum Gasteiger partial charge on any atom is -0.491 e. The Hall–Kier alpha value is -1.25. The number of nitrogens with zero attached hydrogens (tertiary/aromatic N) is 1. The Kier molecular flexibility index (Phi) is 4.44. The van der Waals surface area contributed by atoms with E-state index in [-0.39, 0.29) is 5.38 Å². The van der Waals surface area contributed by atoms with Crippen LogP contribution in [0.3, 0.4) is 0 Å². The molecule has 106 valence electrons. The highest BCUT2D eigenvalue weighted by Crippen LogP contribution is 2.25. The molecule has 1 aliphatic rings. The Morgan fingerprint density at radius 3 is 2.65 bits per heavy atom. The molecule has 2 nitrogen and oxygen atoms in total. The first-order chi connectivity index (χ1) is 9.83. The van der Waals surface area contributed by atoms with Gasteiger partial charge in [0.1, 0.15) is 12.4 Å². The molecule has 3 rings (SSSR count). The second kappa shape index (κ2) is 6.47. The smallest absolute Gasteiger partial charge is 0.127 e. The maximum Gasteiger partial charge on any atom is 0.127 e. The molecule has 1 unspecified atom stereocenters. The Bertz CT molecular complexity index is 560. The molecule has 0 radical (unpaired) electrons. The van der Waals surface area contributed by atoms with Crippen molar-refractivity contribution in [2.45, 2.75) is 18.2 Å². The van der Waals surface area contributed by atoms with E-state index in [1.807, 2.05) is 24.3 Å². The molecule has 1 saturated heterocycles. The first-order valence-corrected chi connectivity index (χ1v) is 7.73. The van der Waals surface area contributed by atoms with Gasteiger partial charge in [0.05, 0.1) is 5.38 Å². The Morgan fingerprint density at radius 2 is 1.80 bits per heavy atom. The van der Waals surface area contributed by atoms with Gasteiger partial charge in [0.25, 0.3) is 0 Å². The van der Waals surface area contributed by atoms with Crippen LogP contribution in [0.5, 0.6) is 5.75 Å². The van der Waals surface area contributed by atoms with Gasteiger partial charge >= 0.3 is 0 Å². The van der Waals surface area contributed by atoms with Crippen molar-refractivity contribution >= 4 is 22.4 Å². The number of halogens is 1. The van der Waals surface area contributed by atoms with Gasteiger partial charge in [0.15, 0.2) is 0 Å². The molecule has 0 bridgehead atoms. The zero-order valence-electron chi connectivity index (χ0n) is 11.6. The molecular weight excluding hydrogens is 270 g/mol. The van der Waals surface area contributed by atoms with E-state index in [2.05, 4.69) is 23.1 Å². The van der Waals surface area contributed by atoms with Crippen LogP contribution in [-0.4, -0.2) is 36.5 Å². The van der Waals surface area contributed by atoms with E-state index in [4.69, 9.17) is 16.3 Å². The molecule has 1 fully saturated rings. The van der Waals surface area contributed by atoms with Crippen LogP contribution in [0.1, 0.15) is 12.8 Å². The van der Waals surface area contributed by atoms with Gasteiger partial charge in [-0.05, 0) is 37.4 Å². The monoisotopic (exact) mass is 289 g/mol. The third-order valence-electron chi connectivity index (χ3n) is 3.82. The molecular formula is C17H20ClNO. The average molecular weight is 290 g/mol. The van der Waals surface area contributed by atoms with Crippen LogP contribution in [0.25, 0.3) is 10.8 Å². The largest absolute Gasteiger partial charge is 0.491 e. The van der Waals surface area contributed by atoms with Gasteiger partial charge < -0.3 is 9.64 Å². The lowest BCUT2D eigenvalue weighted by Gasteiger charge is -2.19. The van der Waals surface area contributed by atoms with Crippen molar-refractivity contribution in [3.8, 4) is 5.75 Å². The van der Waals surface area contributed by atoms with Crippen LogP contribution < -0.4 is 4.74 Å². The number of fused-ring (bicyclic) bond motifs is 1. The van der Waals surface area contributed by atoms with E-state index in [0.29, 0.717) is 6.61 Å². The van der Waals surface area contributed by atoms with Crippen LogP contribution in [0, 0.1) is 0 Å². The van der Waals surface area contributed by atoms with Gasteiger partial charge in [-0.1, -0.05) is 36.4 Å². The molecule has 1 atom stereocenters. The lowest BCUT2D eigenvalue weighted by atomic mass is 10.1. The zero-order valence-corrected chi connectivity index (χ0v) is 12.4. The van der Waals surface area contributed by atoms with E-state index < -0.39 is 0 Å². The predicted molar refractivity (Wildman–Crippen MR) is 84.8 cm³/mol. The molecule has 0 aromatic heterocycles. The van der Waals surface area contributed by atoms with Gasteiger partial charge in [-0.2, -0.15) is 0 Å². The van der Waals surface area contributed by atoms with Gasteiger partial charge in [-0.15, -0.1) is 11.6 Å². The lowest BCUT2D eigenvalue weighted by Crippen LogP contribution is -2.30. The first kappa shape index (κ1) is 13.7. The Balaban J connectivity index is 1.61. The van der Waals surface area contributed by atoms with Crippen LogP contribution in [-0.2, 0) is 0 Å². The normalized spacial score (nSPS) is 17.4. The summed E-state index contributed by atoms with van der Waals surface area (Å²) in [5.41, 5.74) is 0. The molecule has 1 heterocycles. The Morgan fingerprint density at radius 1 is 1.05 bits per heavy atom.